The van der Waals surface area contributed by atoms with E-state index in [1.807, 2.05) is 22.7 Å². The average Bonchev–Trinajstić information content (AvgIpc) is 1.63. The zero-order chi connectivity index (χ0) is 64.4. The third-order valence-electron chi connectivity index (χ3n) is 20.7. The molecule has 4 nitrogen and oxygen atoms in total. The number of carbonyl (C=O) groups is 2. The molecule has 8 rings (SSSR count). The predicted octanol–water partition coefficient (Wildman–Crippen LogP) is 25.9. The number of hydrogen-bond donors (Lipinski definition) is 1. The Bertz CT molecular complexity index is 3210. The van der Waals surface area contributed by atoms with Crippen molar-refractivity contribution in [2.45, 2.75) is 324 Å². The molecule has 6 heterocycles. The highest BCUT2D eigenvalue weighted by Crippen LogP contribution is 2.46. The monoisotopic (exact) mass is 1310 g/mol. The van der Waals surface area contributed by atoms with Crippen LogP contribution in [0.5, 0.6) is 0 Å². The molecule has 0 aliphatic carbocycles. The number of thiol groups is 1. The number of unbranched alkanes of at least 4 members (excludes halogenated alkanes) is 25. The summed E-state index contributed by atoms with van der Waals surface area (Å²) in [6.07, 6.45) is 59.6. The molecule has 2 amide bonds. The lowest BCUT2D eigenvalue weighted by atomic mass is 9.86. The minimum atomic E-state index is 0.0386. The van der Waals surface area contributed by atoms with E-state index in [9.17, 15) is 0 Å². The SMILES string of the molecule is CCCCCCCCCCCCC(CCCCCCCCCC)CN1C(=O)C2=c3cc4c(cc31)=C(c1ccc(-c3cc5ccc6cc(C(C)(C)C)sc6c5s3)s1)C(=O)N4CC(CCCCCCCCCCCC)CCCCCCCCCCC(C)(C)/C=C/C=C2S. The lowest BCUT2D eigenvalue weighted by Crippen LogP contribution is -2.35. The Balaban J connectivity index is 1.18. The van der Waals surface area contributed by atoms with Gasteiger partial charge in [-0.25, -0.2) is 0 Å². The van der Waals surface area contributed by atoms with Crippen molar-refractivity contribution in [2.75, 3.05) is 22.9 Å². The van der Waals surface area contributed by atoms with Gasteiger partial charge in [-0.2, -0.15) is 0 Å². The second kappa shape index (κ2) is 38.3. The van der Waals surface area contributed by atoms with E-state index in [0.29, 0.717) is 30.5 Å². The van der Waals surface area contributed by atoms with E-state index in [4.69, 9.17) is 12.6 Å². The Kier molecular flexibility index (Phi) is 30.9. The maximum Gasteiger partial charge on any atom is 0.260 e. The summed E-state index contributed by atoms with van der Waals surface area (Å²) in [4.78, 5) is 41.8. The van der Waals surface area contributed by atoms with Gasteiger partial charge in [-0.05, 0) is 108 Å². The van der Waals surface area contributed by atoms with Gasteiger partial charge in [0.25, 0.3) is 11.8 Å². The van der Waals surface area contributed by atoms with Crippen LogP contribution in [0.25, 0.3) is 41.1 Å². The fraction of sp³-hybridized carbons (Fsp3) is 0.663. The normalized spacial score (nSPS) is 17.8. The number of nitrogens with zero attached hydrogens (tertiary/aromatic N) is 2. The molecule has 0 saturated heterocycles. The Hall–Kier alpha value is -3.43. The predicted molar refractivity (Wildman–Crippen MR) is 409 cm³/mol. The van der Waals surface area contributed by atoms with Gasteiger partial charge in [0.05, 0.1) is 31.9 Å². The lowest BCUT2D eigenvalue weighted by molar-refractivity contribution is -0.114. The van der Waals surface area contributed by atoms with Crippen LogP contribution >= 0.6 is 46.6 Å². The average molecular weight is 1310 g/mol. The van der Waals surface area contributed by atoms with Crippen LogP contribution in [0, 0.1) is 17.3 Å². The van der Waals surface area contributed by atoms with E-state index in [1.54, 1.807) is 11.3 Å². The van der Waals surface area contributed by atoms with Crippen molar-refractivity contribution in [3.8, 4) is 9.75 Å². The van der Waals surface area contributed by atoms with E-state index >= 15 is 9.59 Å². The van der Waals surface area contributed by atoms with Gasteiger partial charge in [0.15, 0.2) is 0 Å². The Morgan fingerprint density at radius 1 is 0.527 bits per heavy atom. The van der Waals surface area contributed by atoms with Gasteiger partial charge in [-0.15, -0.1) is 46.6 Å². The van der Waals surface area contributed by atoms with Crippen molar-refractivity contribution in [3.05, 3.63) is 91.9 Å². The van der Waals surface area contributed by atoms with Crippen LogP contribution in [-0.4, -0.2) is 24.9 Å². The summed E-state index contributed by atoms with van der Waals surface area (Å²) in [5.74, 6) is 0.995. The molecule has 2 bridgehead atoms. The van der Waals surface area contributed by atoms with E-state index in [-0.39, 0.29) is 22.6 Å². The van der Waals surface area contributed by atoms with Crippen molar-refractivity contribution in [3.63, 3.8) is 0 Å². The third kappa shape index (κ3) is 22.0. The van der Waals surface area contributed by atoms with Crippen LogP contribution < -0.4 is 20.2 Å². The number of benzene rings is 2. The van der Waals surface area contributed by atoms with Crippen molar-refractivity contribution in [2.24, 2.45) is 17.3 Å². The summed E-state index contributed by atoms with van der Waals surface area (Å²) < 4.78 is 2.73. The van der Waals surface area contributed by atoms with Crippen LogP contribution in [0.3, 0.4) is 0 Å². The summed E-state index contributed by atoms with van der Waals surface area (Å²) >= 11 is 11.0. The molecule has 5 aromatic rings. The van der Waals surface area contributed by atoms with Gasteiger partial charge < -0.3 is 9.80 Å². The summed E-state index contributed by atoms with van der Waals surface area (Å²) in [6.45, 7) is 20.0. The minimum absolute atomic E-state index is 0.0386. The molecule has 0 radical (unpaired) electrons. The van der Waals surface area contributed by atoms with E-state index in [1.165, 1.54) is 266 Å². The second-order valence-corrected chi connectivity index (χ2v) is 33.9. The molecule has 3 aromatic heterocycles. The van der Waals surface area contributed by atoms with Crippen LogP contribution in [0.1, 0.15) is 328 Å². The Labute approximate surface area is 572 Å². The van der Waals surface area contributed by atoms with Gasteiger partial charge in [-0.1, -0.05) is 311 Å². The van der Waals surface area contributed by atoms with Crippen molar-refractivity contribution >= 4 is 101 Å². The van der Waals surface area contributed by atoms with Crippen LogP contribution in [0.2, 0.25) is 0 Å². The fourth-order valence-electron chi connectivity index (χ4n) is 14.9. The lowest BCUT2D eigenvalue weighted by Gasteiger charge is -2.27. The molecule has 8 heteroatoms. The molecule has 3 aliphatic rings. The van der Waals surface area contributed by atoms with Gasteiger partial charge >= 0.3 is 0 Å². The molecule has 502 valence electrons. The highest BCUT2D eigenvalue weighted by molar-refractivity contribution is 7.85. The number of amides is 2. The van der Waals surface area contributed by atoms with Gasteiger partial charge in [-0.3, -0.25) is 9.59 Å². The third-order valence-corrected chi connectivity index (χ3v) is 25.2. The maximum absolute atomic E-state index is 16.0. The summed E-state index contributed by atoms with van der Waals surface area (Å²) in [7, 11) is 0. The zero-order valence-corrected chi connectivity index (χ0v) is 62.1. The van der Waals surface area contributed by atoms with Gasteiger partial charge in [0, 0.05) is 47.9 Å². The number of rotatable bonds is 35. The second-order valence-electron chi connectivity index (χ2n) is 30.2. The smallest absolute Gasteiger partial charge is 0.260 e. The van der Waals surface area contributed by atoms with Crippen LogP contribution in [0.15, 0.2) is 71.7 Å². The first kappa shape index (κ1) is 73.4. The standard InChI is InChI=1S/C83H124N2O2S4/c1-9-12-15-18-21-24-26-31-36-41-47-63(46-40-35-30-23-20-17-14-11-3)61-84-69-60-68-70-59-67(69)76(80(84)86)71(88)50-45-56-83(7,8)55-44-39-34-29-28-33-38-43-49-64(48-42-37-32-27-25-22-19-16-13-10-2)62-85(70)81(87)77(68)73-54-53-72(89-73)74-57-65-51-52-66-58-75(82(4,5)6)91-79(66)78(65)90-74/h45,50-54,56-60,63-64,88H,9-44,46-49,55,61-62H2,1-8H3/b56-45+,71-50?. The number of allylic oxidation sites excluding steroid dienone is 3. The molecule has 0 spiro atoms. The highest BCUT2D eigenvalue weighted by Gasteiger charge is 2.38. The quantitative estimate of drug-likeness (QED) is 0.0324. The number of hydrogen-bond acceptors (Lipinski definition) is 6. The van der Waals surface area contributed by atoms with Crippen LogP contribution in [-0.2, 0) is 15.0 Å². The number of carbonyl (C=O) groups excluding carboxylic acids is 2. The molecule has 2 atom stereocenters. The van der Waals surface area contributed by atoms with E-state index in [2.05, 4.69) is 132 Å². The molecular formula is C83H124N2O2S4. The number of fused-ring (bicyclic) bond motifs is 3. The molecule has 0 fully saturated rings. The van der Waals surface area contributed by atoms with E-state index in [0.717, 1.165) is 69.3 Å². The zero-order valence-electron chi connectivity index (χ0n) is 58.8. The molecule has 91 heavy (non-hydrogen) atoms. The molecule has 2 unspecified atom stereocenters. The van der Waals surface area contributed by atoms with Crippen molar-refractivity contribution in [1.82, 2.24) is 0 Å². The number of thiophene rings is 3. The molecular weight excluding hydrogens is 1190 g/mol. The Morgan fingerprint density at radius 2 is 1.02 bits per heavy atom. The first-order valence-corrected chi connectivity index (χ1v) is 40.8. The summed E-state index contributed by atoms with van der Waals surface area (Å²) in [5, 5.41) is 4.56. The number of anilines is 2. The topological polar surface area (TPSA) is 40.6 Å². The molecule has 0 N–H and O–H groups in total. The minimum Gasteiger partial charge on any atom is -0.307 e. The van der Waals surface area contributed by atoms with Crippen molar-refractivity contribution < 1.29 is 9.59 Å². The van der Waals surface area contributed by atoms with Gasteiger partial charge in [0.2, 0.25) is 0 Å². The molecule has 2 aromatic carbocycles. The first-order chi connectivity index (χ1) is 44.2. The van der Waals surface area contributed by atoms with E-state index < -0.39 is 0 Å². The van der Waals surface area contributed by atoms with Crippen molar-refractivity contribution in [1.29, 1.82) is 0 Å². The summed E-state index contributed by atoms with van der Waals surface area (Å²) in [6, 6.07) is 18.5. The Morgan fingerprint density at radius 3 is 1.60 bits per heavy atom. The highest BCUT2D eigenvalue weighted by atomic mass is 32.1. The maximum atomic E-state index is 16.0. The van der Waals surface area contributed by atoms with Gasteiger partial charge in [0.1, 0.15) is 0 Å². The molecule has 0 saturated carbocycles. The first-order valence-electron chi connectivity index (χ1n) is 37.9. The molecule has 3 aliphatic heterocycles. The summed E-state index contributed by atoms with van der Waals surface area (Å²) in [5.41, 5.74) is 3.57. The largest absolute Gasteiger partial charge is 0.307 e. The fourth-order valence-corrected chi connectivity index (χ4v) is 18.9. The van der Waals surface area contributed by atoms with Crippen LogP contribution in [0.4, 0.5) is 11.4 Å².